The lowest BCUT2D eigenvalue weighted by Crippen LogP contribution is -2.23. The fraction of sp³-hybridized carbons (Fsp3) is 0.0667. The van der Waals surface area contributed by atoms with E-state index in [0.717, 1.165) is 0 Å². The maximum absolute atomic E-state index is 11.8. The summed E-state index contributed by atoms with van der Waals surface area (Å²) in [6.45, 7) is 0.0208. The van der Waals surface area contributed by atoms with Gasteiger partial charge in [-0.15, -0.1) is 0 Å². The molecule has 2 rings (SSSR count). The molecular formula is C15H14ClN3O2. The molecule has 0 atom stereocenters. The fourth-order valence-electron chi connectivity index (χ4n) is 1.77. The molecule has 0 aliphatic rings. The Bertz CT molecular complexity index is 656. The zero-order chi connectivity index (χ0) is 15.2. The Morgan fingerprint density at radius 1 is 1.05 bits per heavy atom. The average molecular weight is 304 g/mol. The van der Waals surface area contributed by atoms with Gasteiger partial charge in [-0.05, 0) is 36.4 Å². The highest BCUT2D eigenvalue weighted by molar-refractivity contribution is 6.30. The third kappa shape index (κ3) is 4.22. The van der Waals surface area contributed by atoms with Crippen molar-refractivity contribution in [2.75, 3.05) is 17.2 Å². The molecule has 6 heteroatoms. The van der Waals surface area contributed by atoms with Crippen molar-refractivity contribution < 1.29 is 9.59 Å². The van der Waals surface area contributed by atoms with E-state index in [1.54, 1.807) is 48.5 Å². The monoisotopic (exact) mass is 303 g/mol. The van der Waals surface area contributed by atoms with Crippen molar-refractivity contribution >= 4 is 34.8 Å². The lowest BCUT2D eigenvalue weighted by molar-refractivity contribution is -0.114. The first-order chi connectivity index (χ1) is 10.1. The van der Waals surface area contributed by atoms with Crippen molar-refractivity contribution in [3.8, 4) is 0 Å². The molecule has 2 aromatic carbocycles. The van der Waals surface area contributed by atoms with Crippen LogP contribution in [-0.4, -0.2) is 18.4 Å². The highest BCUT2D eigenvalue weighted by atomic mass is 35.5. The quantitative estimate of drug-likeness (QED) is 0.793. The van der Waals surface area contributed by atoms with E-state index in [0.29, 0.717) is 22.0 Å². The van der Waals surface area contributed by atoms with Crippen LogP contribution in [0, 0.1) is 0 Å². The summed E-state index contributed by atoms with van der Waals surface area (Å²) in [6.07, 6.45) is 0. The van der Waals surface area contributed by atoms with Crippen LogP contribution in [-0.2, 0) is 4.79 Å². The standard InChI is InChI=1S/C15H14ClN3O2/c16-10-5-7-11(8-6-10)19-14(20)9-18-13-4-2-1-3-12(13)15(17)21/h1-8,18H,9H2,(H2,17,21)(H,19,20). The minimum Gasteiger partial charge on any atom is -0.376 e. The Hall–Kier alpha value is -2.53. The first kappa shape index (κ1) is 14.9. The molecule has 21 heavy (non-hydrogen) atoms. The van der Waals surface area contributed by atoms with Gasteiger partial charge in [0.1, 0.15) is 0 Å². The van der Waals surface area contributed by atoms with Crippen LogP contribution in [0.4, 0.5) is 11.4 Å². The number of carbonyl (C=O) groups excluding carboxylic acids is 2. The zero-order valence-corrected chi connectivity index (χ0v) is 11.9. The van der Waals surface area contributed by atoms with E-state index < -0.39 is 5.91 Å². The summed E-state index contributed by atoms with van der Waals surface area (Å²) in [7, 11) is 0. The summed E-state index contributed by atoms with van der Waals surface area (Å²) in [5.74, 6) is -0.784. The van der Waals surface area contributed by atoms with Crippen molar-refractivity contribution in [2.24, 2.45) is 5.73 Å². The molecule has 0 saturated heterocycles. The number of rotatable bonds is 5. The van der Waals surface area contributed by atoms with Gasteiger partial charge in [0, 0.05) is 16.4 Å². The molecule has 4 N–H and O–H groups in total. The van der Waals surface area contributed by atoms with Crippen LogP contribution in [0.15, 0.2) is 48.5 Å². The molecule has 0 saturated carbocycles. The minimum absolute atomic E-state index is 0.0208. The Morgan fingerprint density at radius 2 is 1.71 bits per heavy atom. The van der Waals surface area contributed by atoms with Gasteiger partial charge in [-0.25, -0.2) is 0 Å². The van der Waals surface area contributed by atoms with Crippen molar-refractivity contribution in [2.45, 2.75) is 0 Å². The first-order valence-corrected chi connectivity index (χ1v) is 6.62. The fourth-order valence-corrected chi connectivity index (χ4v) is 1.89. The van der Waals surface area contributed by atoms with Crippen LogP contribution >= 0.6 is 11.6 Å². The van der Waals surface area contributed by atoms with Crippen molar-refractivity contribution in [1.82, 2.24) is 0 Å². The van der Waals surface area contributed by atoms with Crippen LogP contribution in [0.1, 0.15) is 10.4 Å². The lowest BCUT2D eigenvalue weighted by atomic mass is 10.1. The number of primary amides is 1. The number of benzene rings is 2. The second kappa shape index (κ2) is 6.76. The van der Waals surface area contributed by atoms with Crippen molar-refractivity contribution in [3.05, 3.63) is 59.1 Å². The third-order valence-electron chi connectivity index (χ3n) is 2.76. The predicted octanol–water partition coefficient (Wildman–Crippen LogP) is 2.49. The normalized spacial score (nSPS) is 9.95. The Balaban J connectivity index is 1.95. The molecule has 0 aliphatic heterocycles. The summed E-state index contributed by atoms with van der Waals surface area (Å²) < 4.78 is 0. The van der Waals surface area contributed by atoms with E-state index >= 15 is 0 Å². The van der Waals surface area contributed by atoms with Crippen molar-refractivity contribution in [3.63, 3.8) is 0 Å². The van der Waals surface area contributed by atoms with Gasteiger partial charge in [0.25, 0.3) is 5.91 Å². The summed E-state index contributed by atoms with van der Waals surface area (Å²) in [5, 5.41) is 6.20. The smallest absolute Gasteiger partial charge is 0.250 e. The highest BCUT2D eigenvalue weighted by Gasteiger charge is 2.08. The highest BCUT2D eigenvalue weighted by Crippen LogP contribution is 2.15. The average Bonchev–Trinajstić information content (AvgIpc) is 2.48. The zero-order valence-electron chi connectivity index (χ0n) is 11.1. The number of hydrogen-bond donors (Lipinski definition) is 3. The second-order valence-corrected chi connectivity index (χ2v) is 4.75. The molecule has 0 spiro atoms. The summed E-state index contributed by atoms with van der Waals surface area (Å²) in [6, 6.07) is 13.5. The Labute approximate surface area is 127 Å². The number of amides is 2. The minimum atomic E-state index is -0.545. The SMILES string of the molecule is NC(=O)c1ccccc1NCC(=O)Nc1ccc(Cl)cc1. The Morgan fingerprint density at radius 3 is 2.38 bits per heavy atom. The van der Waals surface area contributed by atoms with Gasteiger partial charge >= 0.3 is 0 Å². The van der Waals surface area contributed by atoms with Gasteiger partial charge in [-0.2, -0.15) is 0 Å². The molecule has 0 unspecified atom stereocenters. The molecule has 2 amide bonds. The molecule has 108 valence electrons. The largest absolute Gasteiger partial charge is 0.376 e. The number of carbonyl (C=O) groups is 2. The van der Waals surface area contributed by atoms with E-state index in [1.165, 1.54) is 0 Å². The van der Waals surface area contributed by atoms with Crippen molar-refractivity contribution in [1.29, 1.82) is 0 Å². The molecule has 0 radical (unpaired) electrons. The molecule has 0 heterocycles. The topological polar surface area (TPSA) is 84.2 Å². The van der Waals surface area contributed by atoms with E-state index in [4.69, 9.17) is 17.3 Å². The van der Waals surface area contributed by atoms with Crippen LogP contribution in [0.25, 0.3) is 0 Å². The van der Waals surface area contributed by atoms with Gasteiger partial charge in [0.15, 0.2) is 0 Å². The van der Waals surface area contributed by atoms with Gasteiger partial charge in [-0.3, -0.25) is 9.59 Å². The van der Waals surface area contributed by atoms with Crippen LogP contribution in [0.2, 0.25) is 5.02 Å². The second-order valence-electron chi connectivity index (χ2n) is 4.32. The third-order valence-corrected chi connectivity index (χ3v) is 3.01. The van der Waals surface area contributed by atoms with Crippen LogP contribution < -0.4 is 16.4 Å². The molecule has 0 aromatic heterocycles. The molecule has 0 fully saturated rings. The van der Waals surface area contributed by atoms with Gasteiger partial charge < -0.3 is 16.4 Å². The first-order valence-electron chi connectivity index (χ1n) is 6.24. The van der Waals surface area contributed by atoms with E-state index in [9.17, 15) is 9.59 Å². The molecular weight excluding hydrogens is 290 g/mol. The number of hydrogen-bond acceptors (Lipinski definition) is 3. The molecule has 0 aliphatic carbocycles. The number of nitrogens with two attached hydrogens (primary N) is 1. The number of anilines is 2. The Kier molecular flexibility index (Phi) is 4.79. The van der Waals surface area contributed by atoms with Crippen LogP contribution in [0.5, 0.6) is 0 Å². The van der Waals surface area contributed by atoms with Gasteiger partial charge in [0.05, 0.1) is 12.1 Å². The number of halogens is 1. The molecule has 2 aromatic rings. The summed E-state index contributed by atoms with van der Waals surface area (Å²) in [4.78, 5) is 23.1. The van der Waals surface area contributed by atoms with E-state index in [2.05, 4.69) is 10.6 Å². The van der Waals surface area contributed by atoms with Gasteiger partial charge in [0.2, 0.25) is 5.91 Å². The number of nitrogens with one attached hydrogen (secondary N) is 2. The maximum Gasteiger partial charge on any atom is 0.250 e. The van der Waals surface area contributed by atoms with E-state index in [1.807, 2.05) is 0 Å². The molecule has 5 nitrogen and oxygen atoms in total. The molecule has 0 bridgehead atoms. The number of para-hydroxylation sites is 1. The van der Waals surface area contributed by atoms with E-state index in [-0.39, 0.29) is 12.5 Å². The lowest BCUT2D eigenvalue weighted by Gasteiger charge is -2.10. The summed E-state index contributed by atoms with van der Waals surface area (Å²) >= 11 is 5.77. The van der Waals surface area contributed by atoms with Crippen LogP contribution in [0.3, 0.4) is 0 Å². The summed E-state index contributed by atoms with van der Waals surface area (Å²) in [5.41, 5.74) is 6.78. The van der Waals surface area contributed by atoms with Gasteiger partial charge in [-0.1, -0.05) is 23.7 Å². The predicted molar refractivity (Wildman–Crippen MR) is 83.5 cm³/mol. The maximum atomic E-state index is 11.8.